The van der Waals surface area contributed by atoms with Crippen molar-refractivity contribution in [2.45, 2.75) is 32.2 Å². The molecule has 2 rings (SSSR count). The molecule has 1 aliphatic carbocycles. The predicted molar refractivity (Wildman–Crippen MR) is 68.2 cm³/mol. The molecule has 0 heterocycles. The number of nitrogens with zero attached hydrogens (tertiary/aromatic N) is 2. The van der Waals surface area contributed by atoms with Crippen molar-refractivity contribution in [2.75, 3.05) is 5.32 Å². The highest BCUT2D eigenvalue weighted by atomic mass is 16.6. The van der Waals surface area contributed by atoms with Crippen molar-refractivity contribution in [1.82, 2.24) is 0 Å². The number of benzene rings is 1. The predicted octanol–water partition coefficient (Wildman–Crippen LogP) is 3.07. The lowest BCUT2D eigenvalue weighted by Gasteiger charge is -2.14. The molecule has 94 valence electrons. The molecular formula is C13H15N3O2. The normalized spacial score (nSPS) is 15.8. The lowest BCUT2D eigenvalue weighted by atomic mass is 10.1. The fraction of sp³-hybridized carbons (Fsp3) is 0.462. The van der Waals surface area contributed by atoms with Gasteiger partial charge in [-0.25, -0.2) is 0 Å². The monoisotopic (exact) mass is 245 g/mol. The molecule has 0 spiro atoms. The first kappa shape index (κ1) is 12.4. The lowest BCUT2D eigenvalue weighted by molar-refractivity contribution is -0.384. The third-order valence-corrected chi connectivity index (χ3v) is 3.11. The standard InChI is InChI=1S/C13H15N3O2/c1-9(6-10-2-3-10)15-12-5-4-11(8-14)7-13(12)16(17)18/h4-5,7,9-10,15H,2-3,6H2,1H3. The molecule has 1 aliphatic rings. The summed E-state index contributed by atoms with van der Waals surface area (Å²) in [6.45, 7) is 2.03. The van der Waals surface area contributed by atoms with E-state index < -0.39 is 4.92 Å². The van der Waals surface area contributed by atoms with Crippen molar-refractivity contribution in [3.05, 3.63) is 33.9 Å². The molecule has 1 fully saturated rings. The van der Waals surface area contributed by atoms with Crippen LogP contribution < -0.4 is 5.32 Å². The maximum atomic E-state index is 11.0. The zero-order chi connectivity index (χ0) is 13.1. The van der Waals surface area contributed by atoms with Gasteiger partial charge in [0.2, 0.25) is 0 Å². The quantitative estimate of drug-likeness (QED) is 0.638. The number of nitro groups is 1. The summed E-state index contributed by atoms with van der Waals surface area (Å²) in [5.41, 5.74) is 0.769. The van der Waals surface area contributed by atoms with Crippen LogP contribution in [0.3, 0.4) is 0 Å². The van der Waals surface area contributed by atoms with E-state index in [9.17, 15) is 10.1 Å². The minimum Gasteiger partial charge on any atom is -0.377 e. The summed E-state index contributed by atoms with van der Waals surface area (Å²) in [4.78, 5) is 10.5. The molecule has 1 aromatic carbocycles. The number of nitrogens with one attached hydrogen (secondary N) is 1. The first-order chi connectivity index (χ1) is 8.60. The molecule has 0 amide bonds. The van der Waals surface area contributed by atoms with Gasteiger partial charge in [-0.3, -0.25) is 10.1 Å². The van der Waals surface area contributed by atoms with E-state index in [1.165, 1.54) is 18.9 Å². The molecule has 0 aromatic heterocycles. The minimum absolute atomic E-state index is 0.0308. The Bertz CT molecular complexity index is 503. The van der Waals surface area contributed by atoms with Gasteiger partial charge in [0, 0.05) is 12.1 Å². The zero-order valence-electron chi connectivity index (χ0n) is 10.2. The lowest BCUT2D eigenvalue weighted by Crippen LogP contribution is -2.16. The third kappa shape index (κ3) is 2.98. The van der Waals surface area contributed by atoms with E-state index in [0.717, 1.165) is 12.3 Å². The zero-order valence-corrected chi connectivity index (χ0v) is 10.2. The smallest absolute Gasteiger partial charge is 0.293 e. The summed E-state index contributed by atoms with van der Waals surface area (Å²) < 4.78 is 0. The molecule has 18 heavy (non-hydrogen) atoms. The van der Waals surface area contributed by atoms with Crippen LogP contribution >= 0.6 is 0 Å². The summed E-state index contributed by atoms with van der Waals surface area (Å²) in [5, 5.41) is 22.9. The van der Waals surface area contributed by atoms with Crippen LogP contribution in [0.5, 0.6) is 0 Å². The van der Waals surface area contributed by atoms with Gasteiger partial charge in [-0.2, -0.15) is 5.26 Å². The average molecular weight is 245 g/mol. The van der Waals surface area contributed by atoms with Crippen LogP contribution in [0.1, 0.15) is 31.7 Å². The van der Waals surface area contributed by atoms with Crippen molar-refractivity contribution in [1.29, 1.82) is 5.26 Å². The van der Waals surface area contributed by atoms with E-state index in [2.05, 4.69) is 5.32 Å². The van der Waals surface area contributed by atoms with Crippen LogP contribution in [-0.4, -0.2) is 11.0 Å². The fourth-order valence-electron chi connectivity index (χ4n) is 2.05. The van der Waals surface area contributed by atoms with Crippen LogP contribution in [-0.2, 0) is 0 Å². The molecule has 1 saturated carbocycles. The van der Waals surface area contributed by atoms with Gasteiger partial charge in [-0.15, -0.1) is 0 Å². The Kier molecular flexibility index (Phi) is 3.47. The first-order valence-electron chi connectivity index (χ1n) is 6.05. The van der Waals surface area contributed by atoms with Gasteiger partial charge in [0.15, 0.2) is 0 Å². The van der Waals surface area contributed by atoms with Crippen LogP contribution in [0.15, 0.2) is 18.2 Å². The largest absolute Gasteiger partial charge is 0.377 e. The van der Waals surface area contributed by atoms with Gasteiger partial charge in [0.25, 0.3) is 5.69 Å². The molecule has 0 aliphatic heterocycles. The van der Waals surface area contributed by atoms with E-state index in [4.69, 9.17) is 5.26 Å². The van der Waals surface area contributed by atoms with E-state index in [1.54, 1.807) is 12.1 Å². The number of hydrogen-bond acceptors (Lipinski definition) is 4. The number of rotatable bonds is 5. The Labute approximate surface area is 106 Å². The molecule has 1 atom stereocenters. The maximum absolute atomic E-state index is 11.0. The molecule has 1 unspecified atom stereocenters. The van der Waals surface area contributed by atoms with E-state index in [-0.39, 0.29) is 11.7 Å². The van der Waals surface area contributed by atoms with Crippen LogP contribution in [0.4, 0.5) is 11.4 Å². The Hall–Kier alpha value is -2.09. The molecule has 0 radical (unpaired) electrons. The highest BCUT2D eigenvalue weighted by molar-refractivity contribution is 5.64. The van der Waals surface area contributed by atoms with E-state index >= 15 is 0 Å². The van der Waals surface area contributed by atoms with Crippen molar-refractivity contribution in [2.24, 2.45) is 5.92 Å². The Morgan fingerprint density at radius 2 is 2.33 bits per heavy atom. The van der Waals surface area contributed by atoms with Gasteiger partial charge in [0.1, 0.15) is 5.69 Å². The summed E-state index contributed by atoms with van der Waals surface area (Å²) in [6, 6.07) is 6.64. The second kappa shape index (κ2) is 5.05. The topological polar surface area (TPSA) is 79.0 Å². The average Bonchev–Trinajstić information content (AvgIpc) is 3.13. The van der Waals surface area contributed by atoms with Crippen molar-refractivity contribution < 1.29 is 4.92 Å². The van der Waals surface area contributed by atoms with Crippen LogP contribution in [0, 0.1) is 27.4 Å². The van der Waals surface area contributed by atoms with E-state index in [0.29, 0.717) is 11.3 Å². The van der Waals surface area contributed by atoms with E-state index in [1.807, 2.05) is 13.0 Å². The van der Waals surface area contributed by atoms with Crippen molar-refractivity contribution in [3.63, 3.8) is 0 Å². The molecule has 1 N–H and O–H groups in total. The minimum atomic E-state index is -0.451. The van der Waals surface area contributed by atoms with Gasteiger partial charge < -0.3 is 5.32 Å². The summed E-state index contributed by atoms with van der Waals surface area (Å²) in [5.74, 6) is 0.768. The molecule has 0 bridgehead atoms. The SMILES string of the molecule is CC(CC1CC1)Nc1ccc(C#N)cc1[N+](=O)[O-]. The Balaban J connectivity index is 2.15. The number of nitro benzene ring substituents is 1. The van der Waals surface area contributed by atoms with Gasteiger partial charge >= 0.3 is 0 Å². The van der Waals surface area contributed by atoms with Crippen LogP contribution in [0.2, 0.25) is 0 Å². The van der Waals surface area contributed by atoms with Gasteiger partial charge in [0.05, 0.1) is 16.6 Å². The first-order valence-corrected chi connectivity index (χ1v) is 6.05. The van der Waals surface area contributed by atoms with Crippen molar-refractivity contribution in [3.8, 4) is 6.07 Å². The molecular weight excluding hydrogens is 230 g/mol. The van der Waals surface area contributed by atoms with Crippen molar-refractivity contribution >= 4 is 11.4 Å². The molecule has 5 heteroatoms. The Morgan fingerprint density at radius 3 is 2.89 bits per heavy atom. The summed E-state index contributed by atoms with van der Waals surface area (Å²) in [7, 11) is 0. The molecule has 1 aromatic rings. The summed E-state index contributed by atoms with van der Waals surface area (Å²) >= 11 is 0. The summed E-state index contributed by atoms with van der Waals surface area (Å²) in [6.07, 6.45) is 3.57. The highest BCUT2D eigenvalue weighted by Gasteiger charge is 2.24. The highest BCUT2D eigenvalue weighted by Crippen LogP contribution is 2.35. The fourth-order valence-corrected chi connectivity index (χ4v) is 2.05. The number of anilines is 1. The second-order valence-electron chi connectivity index (χ2n) is 4.83. The third-order valence-electron chi connectivity index (χ3n) is 3.11. The van der Waals surface area contributed by atoms with Crippen LogP contribution in [0.25, 0.3) is 0 Å². The number of nitriles is 1. The Morgan fingerprint density at radius 1 is 1.61 bits per heavy atom. The number of hydrogen-bond donors (Lipinski definition) is 1. The maximum Gasteiger partial charge on any atom is 0.293 e. The second-order valence-corrected chi connectivity index (χ2v) is 4.83. The molecule has 0 saturated heterocycles. The molecule has 5 nitrogen and oxygen atoms in total. The van der Waals surface area contributed by atoms with Gasteiger partial charge in [-0.05, 0) is 31.4 Å². The van der Waals surface area contributed by atoms with Gasteiger partial charge in [-0.1, -0.05) is 12.8 Å².